The van der Waals surface area contributed by atoms with Crippen LogP contribution in [0.5, 0.6) is 0 Å². The van der Waals surface area contributed by atoms with Crippen molar-refractivity contribution in [1.82, 2.24) is 24.4 Å². The van der Waals surface area contributed by atoms with Gasteiger partial charge in [-0.05, 0) is 36.8 Å². The van der Waals surface area contributed by atoms with Crippen LogP contribution in [-0.4, -0.2) is 68.1 Å². The predicted octanol–water partition coefficient (Wildman–Crippen LogP) is 2.61. The van der Waals surface area contributed by atoms with Crippen LogP contribution in [-0.2, 0) is 22.5 Å². The molecule has 7 nitrogen and oxygen atoms in total. The van der Waals surface area contributed by atoms with Crippen LogP contribution in [0, 0.1) is 5.82 Å². The van der Waals surface area contributed by atoms with Crippen molar-refractivity contribution in [2.75, 3.05) is 39.1 Å². The first-order valence-electron chi connectivity index (χ1n) is 9.90. The SMILES string of the molecule is C[S+]([O-])c1nccc(-c2cnc(-c3ccc(F)cc3)n2CCCN2CCOCC2)n1. The molecule has 0 radical (unpaired) electrons. The molecule has 0 saturated carbocycles. The topological polar surface area (TPSA) is 79.1 Å². The average molecular weight is 430 g/mol. The first-order chi connectivity index (χ1) is 14.6. The molecule has 4 rings (SSSR count). The molecule has 0 spiro atoms. The van der Waals surface area contributed by atoms with Crippen LogP contribution < -0.4 is 0 Å². The molecule has 1 saturated heterocycles. The highest BCUT2D eigenvalue weighted by Gasteiger charge is 2.18. The summed E-state index contributed by atoms with van der Waals surface area (Å²) in [7, 11) is 0. The quantitative estimate of drug-likeness (QED) is 0.424. The molecule has 0 amide bonds. The number of imidazole rings is 1. The molecule has 3 heterocycles. The Bertz CT molecular complexity index is 974. The Kier molecular flexibility index (Phi) is 6.73. The Balaban J connectivity index is 1.63. The number of morpholine rings is 1. The minimum atomic E-state index is -1.27. The van der Waals surface area contributed by atoms with Crippen molar-refractivity contribution in [1.29, 1.82) is 0 Å². The van der Waals surface area contributed by atoms with E-state index >= 15 is 0 Å². The van der Waals surface area contributed by atoms with E-state index in [2.05, 4.69) is 24.4 Å². The van der Waals surface area contributed by atoms with Crippen molar-refractivity contribution < 1.29 is 13.7 Å². The molecule has 1 unspecified atom stereocenters. The van der Waals surface area contributed by atoms with Gasteiger partial charge >= 0.3 is 5.16 Å². The number of halogens is 1. The van der Waals surface area contributed by atoms with Gasteiger partial charge in [-0.2, -0.15) is 9.97 Å². The highest BCUT2D eigenvalue weighted by molar-refractivity contribution is 7.90. The molecule has 1 aliphatic rings. The van der Waals surface area contributed by atoms with Crippen molar-refractivity contribution in [2.24, 2.45) is 0 Å². The third-order valence-electron chi connectivity index (χ3n) is 5.07. The van der Waals surface area contributed by atoms with Gasteiger partial charge in [0, 0.05) is 49.1 Å². The second kappa shape index (κ2) is 9.65. The number of ether oxygens (including phenoxy) is 1. The average Bonchev–Trinajstić information content (AvgIpc) is 3.19. The van der Waals surface area contributed by atoms with Gasteiger partial charge < -0.3 is 13.9 Å². The van der Waals surface area contributed by atoms with Crippen LogP contribution >= 0.6 is 0 Å². The second-order valence-electron chi connectivity index (χ2n) is 7.11. The summed E-state index contributed by atoms with van der Waals surface area (Å²) in [6, 6.07) is 8.12. The summed E-state index contributed by atoms with van der Waals surface area (Å²) in [5.74, 6) is 0.472. The lowest BCUT2D eigenvalue weighted by Crippen LogP contribution is -2.37. The standard InChI is InChI=1S/C21H24FN5O2S/c1-30(28)21-23-8-7-18(25-21)19-15-24-20(16-3-5-17(22)6-4-16)27(19)10-2-9-26-11-13-29-14-12-26/h3-8,15H,2,9-14H2,1H3. The van der Waals surface area contributed by atoms with Crippen molar-refractivity contribution in [2.45, 2.75) is 18.1 Å². The maximum absolute atomic E-state index is 13.4. The molecule has 1 fully saturated rings. The van der Waals surface area contributed by atoms with Gasteiger partial charge in [-0.25, -0.2) is 9.37 Å². The third-order valence-corrected chi connectivity index (χ3v) is 5.78. The summed E-state index contributed by atoms with van der Waals surface area (Å²) >= 11 is -1.27. The Hall–Kier alpha value is -2.33. The van der Waals surface area contributed by atoms with E-state index in [-0.39, 0.29) is 11.0 Å². The minimum absolute atomic E-state index is 0.282. The van der Waals surface area contributed by atoms with Crippen LogP contribution in [0.4, 0.5) is 4.39 Å². The Labute approximate surface area is 178 Å². The van der Waals surface area contributed by atoms with E-state index in [9.17, 15) is 8.94 Å². The maximum atomic E-state index is 13.4. The Morgan fingerprint density at radius 3 is 2.60 bits per heavy atom. The summed E-state index contributed by atoms with van der Waals surface area (Å²) in [4.78, 5) is 15.5. The first-order valence-corrected chi connectivity index (χ1v) is 11.5. The van der Waals surface area contributed by atoms with Crippen LogP contribution in [0.1, 0.15) is 6.42 Å². The minimum Gasteiger partial charge on any atom is -0.609 e. The Morgan fingerprint density at radius 1 is 1.10 bits per heavy atom. The molecule has 1 atom stereocenters. The molecule has 2 aromatic heterocycles. The molecule has 0 aliphatic carbocycles. The summed E-state index contributed by atoms with van der Waals surface area (Å²) in [6.07, 6.45) is 5.86. The molecule has 3 aromatic rings. The highest BCUT2D eigenvalue weighted by atomic mass is 32.2. The predicted molar refractivity (Wildman–Crippen MR) is 113 cm³/mol. The van der Waals surface area contributed by atoms with E-state index in [0.717, 1.165) is 62.9 Å². The summed E-state index contributed by atoms with van der Waals surface area (Å²) in [5.41, 5.74) is 2.33. The van der Waals surface area contributed by atoms with Gasteiger partial charge in [-0.15, -0.1) is 0 Å². The molecule has 0 bridgehead atoms. The second-order valence-corrected chi connectivity index (χ2v) is 8.39. The smallest absolute Gasteiger partial charge is 0.342 e. The van der Waals surface area contributed by atoms with Gasteiger partial charge in [0.15, 0.2) is 0 Å². The van der Waals surface area contributed by atoms with E-state index in [0.29, 0.717) is 5.69 Å². The zero-order valence-corrected chi connectivity index (χ0v) is 17.6. The van der Waals surface area contributed by atoms with Crippen LogP contribution in [0.2, 0.25) is 0 Å². The van der Waals surface area contributed by atoms with Crippen molar-refractivity contribution in [3.63, 3.8) is 0 Å². The van der Waals surface area contributed by atoms with E-state index in [1.165, 1.54) is 12.1 Å². The zero-order valence-electron chi connectivity index (χ0n) is 16.8. The summed E-state index contributed by atoms with van der Waals surface area (Å²) in [6.45, 7) is 5.12. The molecule has 158 valence electrons. The normalized spacial score (nSPS) is 16.0. The number of nitrogens with zero attached hydrogens (tertiary/aromatic N) is 5. The van der Waals surface area contributed by atoms with Gasteiger partial charge in [0.1, 0.15) is 17.9 Å². The fourth-order valence-corrected chi connectivity index (χ4v) is 3.97. The van der Waals surface area contributed by atoms with Crippen molar-refractivity contribution in [3.8, 4) is 22.8 Å². The number of rotatable bonds is 7. The number of hydrogen-bond donors (Lipinski definition) is 0. The fraction of sp³-hybridized carbons (Fsp3) is 0.381. The van der Waals surface area contributed by atoms with E-state index in [1.807, 2.05) is 0 Å². The monoisotopic (exact) mass is 429 g/mol. The molecule has 9 heteroatoms. The van der Waals surface area contributed by atoms with E-state index < -0.39 is 11.2 Å². The van der Waals surface area contributed by atoms with Crippen LogP contribution in [0.25, 0.3) is 22.8 Å². The molecular formula is C21H24FN5O2S. The van der Waals surface area contributed by atoms with Gasteiger partial charge in [0.25, 0.3) is 0 Å². The van der Waals surface area contributed by atoms with E-state index in [1.54, 1.807) is 36.8 Å². The van der Waals surface area contributed by atoms with Gasteiger partial charge in [0.05, 0.1) is 30.8 Å². The van der Waals surface area contributed by atoms with Gasteiger partial charge in [-0.3, -0.25) is 4.90 Å². The lowest BCUT2D eigenvalue weighted by molar-refractivity contribution is 0.0369. The van der Waals surface area contributed by atoms with Gasteiger partial charge in [0.2, 0.25) is 0 Å². The third kappa shape index (κ3) is 4.86. The number of benzene rings is 1. The summed E-state index contributed by atoms with van der Waals surface area (Å²) < 4.78 is 32.8. The largest absolute Gasteiger partial charge is 0.609 e. The van der Waals surface area contributed by atoms with E-state index in [4.69, 9.17) is 4.74 Å². The van der Waals surface area contributed by atoms with Crippen LogP contribution in [0.15, 0.2) is 47.9 Å². The summed E-state index contributed by atoms with van der Waals surface area (Å²) in [5, 5.41) is 0.289. The number of aromatic nitrogens is 4. The lowest BCUT2D eigenvalue weighted by atomic mass is 10.2. The van der Waals surface area contributed by atoms with Crippen LogP contribution in [0.3, 0.4) is 0 Å². The molecule has 30 heavy (non-hydrogen) atoms. The fourth-order valence-electron chi connectivity index (χ4n) is 3.54. The van der Waals surface area contributed by atoms with Gasteiger partial charge in [-0.1, -0.05) is 0 Å². The molecule has 1 aliphatic heterocycles. The number of hydrogen-bond acceptors (Lipinski definition) is 6. The highest BCUT2D eigenvalue weighted by Crippen LogP contribution is 2.26. The molecule has 1 aromatic carbocycles. The molecular weight excluding hydrogens is 405 g/mol. The first kappa shape index (κ1) is 20.9. The van der Waals surface area contributed by atoms with Crippen molar-refractivity contribution >= 4 is 11.2 Å². The zero-order chi connectivity index (χ0) is 20.9. The lowest BCUT2D eigenvalue weighted by Gasteiger charge is -2.26. The molecule has 0 N–H and O–H groups in total. The maximum Gasteiger partial charge on any atom is 0.342 e. The van der Waals surface area contributed by atoms with Crippen molar-refractivity contribution in [3.05, 3.63) is 48.5 Å². The Morgan fingerprint density at radius 2 is 1.87 bits per heavy atom.